The van der Waals surface area contributed by atoms with Gasteiger partial charge in [0.05, 0.1) is 12.8 Å². The number of amides is 1. The molecule has 0 spiro atoms. The number of carbonyl (C=O) groups is 1. The predicted octanol–water partition coefficient (Wildman–Crippen LogP) is 2.37. The van der Waals surface area contributed by atoms with Crippen molar-refractivity contribution in [3.05, 3.63) is 48.0 Å². The van der Waals surface area contributed by atoms with E-state index in [9.17, 15) is 4.79 Å². The predicted molar refractivity (Wildman–Crippen MR) is 106 cm³/mol. The molecule has 0 unspecified atom stereocenters. The third-order valence-corrected chi connectivity index (χ3v) is 5.33. The van der Waals surface area contributed by atoms with Crippen LogP contribution in [-0.2, 0) is 11.3 Å². The standard InChI is InChI=1S/C21H25N3O3/c1-22-19-8-3-16(13-20(19)27-15-21(22)25)14-23-9-11-24(12-10-23)17-4-6-18(26-2)7-5-17/h3-8,13H,9-12,14-15H2,1-2H3. The number of benzene rings is 2. The number of hydrogen-bond donors (Lipinski definition) is 0. The second kappa shape index (κ2) is 7.48. The van der Waals surface area contributed by atoms with Crippen molar-refractivity contribution in [3.63, 3.8) is 0 Å². The zero-order valence-corrected chi connectivity index (χ0v) is 15.9. The molecule has 4 rings (SSSR count). The molecule has 2 aromatic rings. The second-order valence-corrected chi connectivity index (χ2v) is 7.00. The van der Waals surface area contributed by atoms with Crippen LogP contribution in [0.25, 0.3) is 0 Å². The summed E-state index contributed by atoms with van der Waals surface area (Å²) in [5, 5.41) is 0. The number of ether oxygens (including phenoxy) is 2. The summed E-state index contributed by atoms with van der Waals surface area (Å²) in [7, 11) is 3.48. The number of rotatable bonds is 4. The molecule has 0 radical (unpaired) electrons. The Morgan fingerprint density at radius 3 is 2.48 bits per heavy atom. The minimum Gasteiger partial charge on any atom is -0.497 e. The number of anilines is 2. The van der Waals surface area contributed by atoms with Crippen molar-refractivity contribution in [3.8, 4) is 11.5 Å². The molecule has 0 saturated carbocycles. The average molecular weight is 367 g/mol. The molecule has 2 aromatic carbocycles. The van der Waals surface area contributed by atoms with Crippen molar-refractivity contribution in [2.75, 3.05) is 56.7 Å². The Balaban J connectivity index is 1.36. The molecule has 1 fully saturated rings. The molecule has 2 aliphatic heterocycles. The molecular weight excluding hydrogens is 342 g/mol. The molecule has 0 atom stereocenters. The zero-order chi connectivity index (χ0) is 18.8. The number of piperazine rings is 1. The molecule has 0 aromatic heterocycles. The molecule has 2 heterocycles. The SMILES string of the molecule is COc1ccc(N2CCN(Cc3ccc4c(c3)OCC(=O)N4C)CC2)cc1. The van der Waals surface area contributed by atoms with Crippen LogP contribution in [0.15, 0.2) is 42.5 Å². The van der Waals surface area contributed by atoms with Crippen LogP contribution in [0.5, 0.6) is 11.5 Å². The lowest BCUT2D eigenvalue weighted by Gasteiger charge is -2.36. The monoisotopic (exact) mass is 367 g/mol. The molecule has 0 aliphatic carbocycles. The molecule has 2 aliphatic rings. The van der Waals surface area contributed by atoms with E-state index >= 15 is 0 Å². The highest BCUT2D eigenvalue weighted by atomic mass is 16.5. The van der Waals surface area contributed by atoms with Crippen LogP contribution in [0.1, 0.15) is 5.56 Å². The van der Waals surface area contributed by atoms with Gasteiger partial charge in [0.2, 0.25) is 0 Å². The van der Waals surface area contributed by atoms with E-state index in [2.05, 4.69) is 34.1 Å². The van der Waals surface area contributed by atoms with E-state index in [-0.39, 0.29) is 12.5 Å². The quantitative estimate of drug-likeness (QED) is 0.830. The largest absolute Gasteiger partial charge is 0.497 e. The number of fused-ring (bicyclic) bond motifs is 1. The molecule has 6 heteroatoms. The van der Waals surface area contributed by atoms with Crippen molar-refractivity contribution >= 4 is 17.3 Å². The number of hydrogen-bond acceptors (Lipinski definition) is 5. The summed E-state index contributed by atoms with van der Waals surface area (Å²) in [4.78, 5) is 18.3. The summed E-state index contributed by atoms with van der Waals surface area (Å²) in [6.07, 6.45) is 0. The van der Waals surface area contributed by atoms with Gasteiger partial charge >= 0.3 is 0 Å². The van der Waals surface area contributed by atoms with E-state index < -0.39 is 0 Å². The van der Waals surface area contributed by atoms with E-state index in [4.69, 9.17) is 9.47 Å². The van der Waals surface area contributed by atoms with Crippen LogP contribution < -0.4 is 19.3 Å². The molecule has 27 heavy (non-hydrogen) atoms. The highest BCUT2D eigenvalue weighted by Crippen LogP contribution is 2.32. The minimum absolute atomic E-state index is 0.00935. The average Bonchev–Trinajstić information content (AvgIpc) is 2.71. The van der Waals surface area contributed by atoms with Crippen molar-refractivity contribution in [2.24, 2.45) is 0 Å². The van der Waals surface area contributed by atoms with Crippen LogP contribution in [0.3, 0.4) is 0 Å². The molecule has 6 nitrogen and oxygen atoms in total. The normalized spacial score (nSPS) is 17.5. The van der Waals surface area contributed by atoms with Gasteiger partial charge in [-0.1, -0.05) is 6.07 Å². The molecule has 0 N–H and O–H groups in total. The van der Waals surface area contributed by atoms with Gasteiger partial charge in [0.15, 0.2) is 6.61 Å². The fourth-order valence-electron chi connectivity index (χ4n) is 3.64. The fraction of sp³-hybridized carbons (Fsp3) is 0.381. The lowest BCUT2D eigenvalue weighted by Crippen LogP contribution is -2.46. The van der Waals surface area contributed by atoms with E-state index in [1.807, 2.05) is 18.2 Å². The van der Waals surface area contributed by atoms with Gasteiger partial charge in [0, 0.05) is 45.5 Å². The maximum atomic E-state index is 11.7. The third kappa shape index (κ3) is 3.71. The van der Waals surface area contributed by atoms with E-state index in [0.717, 1.165) is 49.9 Å². The van der Waals surface area contributed by atoms with Gasteiger partial charge in [-0.2, -0.15) is 0 Å². The summed E-state index contributed by atoms with van der Waals surface area (Å²) in [6, 6.07) is 14.4. The first-order chi connectivity index (χ1) is 13.1. The first-order valence-electron chi connectivity index (χ1n) is 9.27. The van der Waals surface area contributed by atoms with Gasteiger partial charge in [-0.05, 0) is 42.0 Å². The lowest BCUT2D eigenvalue weighted by atomic mass is 10.1. The second-order valence-electron chi connectivity index (χ2n) is 7.00. The molecule has 142 valence electrons. The summed E-state index contributed by atoms with van der Waals surface area (Å²) >= 11 is 0. The highest BCUT2D eigenvalue weighted by molar-refractivity contribution is 5.97. The highest BCUT2D eigenvalue weighted by Gasteiger charge is 2.23. The Kier molecular flexibility index (Phi) is 4.90. The van der Waals surface area contributed by atoms with Crippen LogP contribution in [0.4, 0.5) is 11.4 Å². The number of likely N-dealkylation sites (N-methyl/N-ethyl adjacent to an activating group) is 1. The van der Waals surface area contributed by atoms with Gasteiger partial charge in [0.25, 0.3) is 5.91 Å². The Bertz CT molecular complexity index is 814. The Morgan fingerprint density at radius 1 is 1.04 bits per heavy atom. The lowest BCUT2D eigenvalue weighted by molar-refractivity contribution is -0.120. The molecular formula is C21H25N3O3. The summed E-state index contributed by atoms with van der Waals surface area (Å²) in [5.74, 6) is 1.68. The van der Waals surface area contributed by atoms with Gasteiger partial charge in [0.1, 0.15) is 11.5 Å². The third-order valence-electron chi connectivity index (χ3n) is 5.33. The van der Waals surface area contributed by atoms with Crippen molar-refractivity contribution in [1.82, 2.24) is 4.90 Å². The maximum Gasteiger partial charge on any atom is 0.264 e. The maximum absolute atomic E-state index is 11.7. The van der Waals surface area contributed by atoms with E-state index in [1.54, 1.807) is 19.1 Å². The Hall–Kier alpha value is -2.73. The molecule has 0 bridgehead atoms. The van der Waals surface area contributed by atoms with E-state index in [1.165, 1.54) is 11.3 Å². The molecule has 1 saturated heterocycles. The van der Waals surface area contributed by atoms with Crippen LogP contribution in [0, 0.1) is 0 Å². The first-order valence-corrected chi connectivity index (χ1v) is 9.27. The minimum atomic E-state index is -0.00935. The summed E-state index contributed by atoms with van der Waals surface area (Å²) < 4.78 is 10.8. The van der Waals surface area contributed by atoms with Crippen LogP contribution in [0.2, 0.25) is 0 Å². The van der Waals surface area contributed by atoms with Gasteiger partial charge in [-0.25, -0.2) is 0 Å². The summed E-state index contributed by atoms with van der Waals surface area (Å²) in [6.45, 7) is 5.05. The molecule has 1 amide bonds. The number of carbonyl (C=O) groups excluding carboxylic acids is 1. The van der Waals surface area contributed by atoms with Crippen LogP contribution >= 0.6 is 0 Å². The van der Waals surface area contributed by atoms with Gasteiger partial charge in [-0.15, -0.1) is 0 Å². The van der Waals surface area contributed by atoms with Crippen molar-refractivity contribution < 1.29 is 14.3 Å². The number of nitrogens with zero attached hydrogens (tertiary/aromatic N) is 3. The van der Waals surface area contributed by atoms with Gasteiger partial charge < -0.3 is 19.3 Å². The topological polar surface area (TPSA) is 45.3 Å². The van der Waals surface area contributed by atoms with Crippen molar-refractivity contribution in [1.29, 1.82) is 0 Å². The fourth-order valence-corrected chi connectivity index (χ4v) is 3.64. The first kappa shape index (κ1) is 17.7. The van der Waals surface area contributed by atoms with Crippen LogP contribution in [-0.4, -0.2) is 57.8 Å². The Morgan fingerprint density at radius 2 is 1.78 bits per heavy atom. The van der Waals surface area contributed by atoms with E-state index in [0.29, 0.717) is 0 Å². The van der Waals surface area contributed by atoms with Gasteiger partial charge in [-0.3, -0.25) is 9.69 Å². The smallest absolute Gasteiger partial charge is 0.264 e. The zero-order valence-electron chi connectivity index (χ0n) is 15.9. The Labute approximate surface area is 159 Å². The van der Waals surface area contributed by atoms with Crippen molar-refractivity contribution in [2.45, 2.75) is 6.54 Å². The number of methoxy groups -OCH3 is 1. The summed E-state index contributed by atoms with van der Waals surface area (Å²) in [5.41, 5.74) is 3.30.